The van der Waals surface area contributed by atoms with Crippen molar-refractivity contribution in [1.82, 2.24) is 14.8 Å². The zero-order valence-corrected chi connectivity index (χ0v) is 9.02. The van der Waals surface area contributed by atoms with Gasteiger partial charge >= 0.3 is 6.18 Å². The van der Waals surface area contributed by atoms with E-state index in [1.807, 2.05) is 0 Å². The van der Waals surface area contributed by atoms with E-state index in [1.54, 1.807) is 6.07 Å². The Labute approximate surface area is 100 Å². The average Bonchev–Trinajstić information content (AvgIpc) is 2.76. The molecule has 7 heteroatoms. The summed E-state index contributed by atoms with van der Waals surface area (Å²) in [5.41, 5.74) is -0.626. The van der Waals surface area contributed by atoms with Crippen molar-refractivity contribution in [2.75, 3.05) is 0 Å². The second kappa shape index (κ2) is 4.49. The number of rotatable bonds is 2. The SMILES string of the molecule is N#Cc1ncn(Cc2ccccc2C(F)(F)F)n1. The molecule has 0 spiro atoms. The van der Waals surface area contributed by atoms with E-state index >= 15 is 0 Å². The van der Waals surface area contributed by atoms with E-state index in [0.717, 1.165) is 6.07 Å². The summed E-state index contributed by atoms with van der Waals surface area (Å²) in [6.07, 6.45) is -3.18. The van der Waals surface area contributed by atoms with Crippen LogP contribution in [-0.2, 0) is 12.7 Å². The largest absolute Gasteiger partial charge is 0.416 e. The summed E-state index contributed by atoms with van der Waals surface area (Å²) in [4.78, 5) is 3.63. The predicted octanol–water partition coefficient (Wildman–Crippen LogP) is 2.22. The third-order valence-corrected chi connectivity index (χ3v) is 2.29. The molecule has 2 rings (SSSR count). The lowest BCUT2D eigenvalue weighted by Gasteiger charge is -2.12. The number of hydrogen-bond donors (Lipinski definition) is 0. The zero-order chi connectivity index (χ0) is 13.2. The van der Waals surface area contributed by atoms with Gasteiger partial charge in [-0.25, -0.2) is 9.67 Å². The van der Waals surface area contributed by atoms with E-state index in [-0.39, 0.29) is 17.9 Å². The molecule has 0 N–H and O–H groups in total. The fourth-order valence-electron chi connectivity index (χ4n) is 1.53. The van der Waals surface area contributed by atoms with Gasteiger partial charge in [0, 0.05) is 0 Å². The van der Waals surface area contributed by atoms with Gasteiger partial charge in [0.2, 0.25) is 0 Å². The molecule has 0 radical (unpaired) electrons. The van der Waals surface area contributed by atoms with E-state index in [0.29, 0.717) is 0 Å². The third kappa shape index (κ3) is 2.48. The van der Waals surface area contributed by atoms with Crippen LogP contribution in [0.25, 0.3) is 0 Å². The molecule has 0 saturated heterocycles. The average molecular weight is 252 g/mol. The van der Waals surface area contributed by atoms with Crippen molar-refractivity contribution in [1.29, 1.82) is 5.26 Å². The number of nitrogens with zero attached hydrogens (tertiary/aromatic N) is 4. The molecule has 18 heavy (non-hydrogen) atoms. The monoisotopic (exact) mass is 252 g/mol. The normalized spacial score (nSPS) is 11.2. The molecule has 0 aliphatic heterocycles. The fourth-order valence-corrected chi connectivity index (χ4v) is 1.53. The Hall–Kier alpha value is -2.36. The second-order valence-electron chi connectivity index (χ2n) is 3.53. The molecule has 0 saturated carbocycles. The maximum Gasteiger partial charge on any atom is 0.416 e. The minimum Gasteiger partial charge on any atom is -0.247 e. The second-order valence-corrected chi connectivity index (χ2v) is 3.53. The smallest absolute Gasteiger partial charge is 0.247 e. The predicted molar refractivity (Wildman–Crippen MR) is 55.3 cm³/mol. The summed E-state index contributed by atoms with van der Waals surface area (Å²) >= 11 is 0. The Kier molecular flexibility index (Phi) is 3.02. The van der Waals surface area contributed by atoms with Crippen LogP contribution in [0.3, 0.4) is 0 Å². The molecule has 0 bridgehead atoms. The number of benzene rings is 1. The van der Waals surface area contributed by atoms with Gasteiger partial charge in [0.05, 0.1) is 12.1 Å². The van der Waals surface area contributed by atoms with Crippen molar-refractivity contribution in [3.8, 4) is 6.07 Å². The zero-order valence-electron chi connectivity index (χ0n) is 9.02. The Morgan fingerprint density at radius 1 is 1.28 bits per heavy atom. The molecule has 0 aliphatic carbocycles. The molecule has 0 unspecified atom stereocenters. The molecule has 1 heterocycles. The van der Waals surface area contributed by atoms with Crippen LogP contribution in [0.1, 0.15) is 17.0 Å². The van der Waals surface area contributed by atoms with Crippen molar-refractivity contribution < 1.29 is 13.2 Å². The number of halogens is 3. The van der Waals surface area contributed by atoms with Gasteiger partial charge in [-0.3, -0.25) is 0 Å². The Morgan fingerprint density at radius 3 is 2.61 bits per heavy atom. The number of nitriles is 1. The molecule has 0 amide bonds. The molecule has 0 atom stereocenters. The van der Waals surface area contributed by atoms with Gasteiger partial charge in [0.1, 0.15) is 12.4 Å². The van der Waals surface area contributed by atoms with Gasteiger partial charge in [-0.05, 0) is 11.6 Å². The number of aromatic nitrogens is 3. The molecule has 2 aromatic rings. The minimum atomic E-state index is -4.41. The first kappa shape index (κ1) is 12.1. The van der Waals surface area contributed by atoms with E-state index in [9.17, 15) is 13.2 Å². The Bertz CT molecular complexity index is 595. The van der Waals surface area contributed by atoms with Gasteiger partial charge < -0.3 is 0 Å². The van der Waals surface area contributed by atoms with E-state index in [2.05, 4.69) is 10.1 Å². The van der Waals surface area contributed by atoms with Gasteiger partial charge in [-0.2, -0.15) is 18.4 Å². The van der Waals surface area contributed by atoms with Crippen LogP contribution < -0.4 is 0 Å². The first-order chi connectivity index (χ1) is 8.50. The van der Waals surface area contributed by atoms with Crippen LogP contribution in [-0.4, -0.2) is 14.8 Å². The van der Waals surface area contributed by atoms with Crippen LogP contribution >= 0.6 is 0 Å². The molecule has 0 aliphatic rings. The van der Waals surface area contributed by atoms with E-state index in [4.69, 9.17) is 5.26 Å². The van der Waals surface area contributed by atoms with Crippen molar-refractivity contribution >= 4 is 0 Å². The van der Waals surface area contributed by atoms with Gasteiger partial charge in [0.25, 0.3) is 5.82 Å². The summed E-state index contributed by atoms with van der Waals surface area (Å²) in [5, 5.41) is 12.3. The lowest BCUT2D eigenvalue weighted by Crippen LogP contribution is -2.11. The van der Waals surface area contributed by atoms with Crippen LogP contribution in [0.5, 0.6) is 0 Å². The van der Waals surface area contributed by atoms with Gasteiger partial charge in [-0.1, -0.05) is 18.2 Å². The quantitative estimate of drug-likeness (QED) is 0.823. The first-order valence-corrected chi connectivity index (χ1v) is 4.95. The number of hydrogen-bond acceptors (Lipinski definition) is 3. The van der Waals surface area contributed by atoms with Gasteiger partial charge in [-0.15, -0.1) is 5.10 Å². The van der Waals surface area contributed by atoms with Crippen molar-refractivity contribution in [3.63, 3.8) is 0 Å². The van der Waals surface area contributed by atoms with Gasteiger partial charge in [0.15, 0.2) is 0 Å². The summed E-state index contributed by atoms with van der Waals surface area (Å²) in [5.74, 6) is -0.0699. The van der Waals surface area contributed by atoms with Crippen molar-refractivity contribution in [2.24, 2.45) is 0 Å². The third-order valence-electron chi connectivity index (χ3n) is 2.29. The summed E-state index contributed by atoms with van der Waals surface area (Å²) in [6.45, 7) is -0.0790. The van der Waals surface area contributed by atoms with E-state index in [1.165, 1.54) is 29.2 Å². The number of alkyl halides is 3. The van der Waals surface area contributed by atoms with Crippen molar-refractivity contribution in [2.45, 2.75) is 12.7 Å². The van der Waals surface area contributed by atoms with Crippen molar-refractivity contribution in [3.05, 3.63) is 47.5 Å². The summed E-state index contributed by atoms with van der Waals surface area (Å²) in [7, 11) is 0. The van der Waals surface area contributed by atoms with Crippen LogP contribution in [0, 0.1) is 11.3 Å². The maximum atomic E-state index is 12.7. The van der Waals surface area contributed by atoms with Crippen LogP contribution in [0.4, 0.5) is 13.2 Å². The highest BCUT2D eigenvalue weighted by Gasteiger charge is 2.32. The molecular weight excluding hydrogens is 245 g/mol. The molecule has 1 aromatic carbocycles. The topological polar surface area (TPSA) is 54.5 Å². The van der Waals surface area contributed by atoms with E-state index < -0.39 is 11.7 Å². The minimum absolute atomic E-state index is 0.0699. The Morgan fingerprint density at radius 2 is 2.00 bits per heavy atom. The fraction of sp³-hybridized carbons (Fsp3) is 0.182. The highest BCUT2D eigenvalue weighted by atomic mass is 19.4. The Balaban J connectivity index is 2.32. The molecule has 4 nitrogen and oxygen atoms in total. The highest BCUT2D eigenvalue weighted by molar-refractivity contribution is 5.29. The summed E-state index contributed by atoms with van der Waals surface area (Å²) < 4.78 is 39.4. The maximum absolute atomic E-state index is 12.7. The summed E-state index contributed by atoms with van der Waals surface area (Å²) in [6, 6.07) is 6.94. The molecule has 0 fully saturated rings. The lowest BCUT2D eigenvalue weighted by molar-refractivity contribution is -0.138. The van der Waals surface area contributed by atoms with Crippen LogP contribution in [0.15, 0.2) is 30.6 Å². The molecular formula is C11H7F3N4. The highest BCUT2D eigenvalue weighted by Crippen LogP contribution is 2.31. The van der Waals surface area contributed by atoms with Crippen LogP contribution in [0.2, 0.25) is 0 Å². The lowest BCUT2D eigenvalue weighted by atomic mass is 10.1. The first-order valence-electron chi connectivity index (χ1n) is 4.95. The molecule has 92 valence electrons. The standard InChI is InChI=1S/C11H7F3N4/c12-11(13,14)9-4-2-1-3-8(9)6-18-7-16-10(5-15)17-18/h1-4,7H,6H2. The molecule has 1 aromatic heterocycles.